The summed E-state index contributed by atoms with van der Waals surface area (Å²) < 4.78 is 5.30. The standard InChI is InChI=1S/C17H24N2O2/c1-21-15-5-4-13(18)12-14(15)16(20)19-10-8-17(9-11-19)6-2-3-7-17/h4-5,12H,2-3,6-11,18H2,1H3. The van der Waals surface area contributed by atoms with Gasteiger partial charge in [-0.25, -0.2) is 0 Å². The Morgan fingerprint density at radius 2 is 1.86 bits per heavy atom. The van der Waals surface area contributed by atoms with Crippen molar-refractivity contribution in [3.63, 3.8) is 0 Å². The van der Waals surface area contributed by atoms with Crippen LogP contribution in [0.4, 0.5) is 5.69 Å². The maximum atomic E-state index is 12.7. The minimum atomic E-state index is 0.0481. The number of piperidine rings is 1. The van der Waals surface area contributed by atoms with Gasteiger partial charge < -0.3 is 15.4 Å². The molecule has 114 valence electrons. The highest BCUT2D eigenvalue weighted by Crippen LogP contribution is 2.46. The molecule has 0 aromatic heterocycles. The van der Waals surface area contributed by atoms with Gasteiger partial charge in [-0.1, -0.05) is 12.8 Å². The van der Waals surface area contributed by atoms with Crippen molar-refractivity contribution in [3.8, 4) is 5.75 Å². The van der Waals surface area contributed by atoms with E-state index in [1.165, 1.54) is 25.7 Å². The largest absolute Gasteiger partial charge is 0.496 e. The zero-order valence-electron chi connectivity index (χ0n) is 12.7. The normalized spacial score (nSPS) is 20.7. The van der Waals surface area contributed by atoms with Gasteiger partial charge in [-0.15, -0.1) is 0 Å². The number of nitrogen functional groups attached to an aromatic ring is 1. The van der Waals surface area contributed by atoms with Gasteiger partial charge in [0.25, 0.3) is 5.91 Å². The number of benzene rings is 1. The molecule has 4 heteroatoms. The van der Waals surface area contributed by atoms with Crippen molar-refractivity contribution in [2.75, 3.05) is 25.9 Å². The number of ether oxygens (including phenoxy) is 1. The number of carbonyl (C=O) groups excluding carboxylic acids is 1. The van der Waals surface area contributed by atoms with Crippen LogP contribution < -0.4 is 10.5 Å². The molecule has 1 aromatic rings. The average Bonchev–Trinajstić information content (AvgIpc) is 2.95. The van der Waals surface area contributed by atoms with Gasteiger partial charge in [0, 0.05) is 18.8 Å². The van der Waals surface area contributed by atoms with Crippen LogP contribution in [-0.4, -0.2) is 31.0 Å². The summed E-state index contributed by atoms with van der Waals surface area (Å²) in [4.78, 5) is 14.7. The molecule has 1 heterocycles. The van der Waals surface area contributed by atoms with E-state index >= 15 is 0 Å². The van der Waals surface area contributed by atoms with Crippen molar-refractivity contribution < 1.29 is 9.53 Å². The van der Waals surface area contributed by atoms with Gasteiger partial charge in [-0.3, -0.25) is 4.79 Å². The summed E-state index contributed by atoms with van der Waals surface area (Å²) >= 11 is 0. The van der Waals surface area contributed by atoms with Crippen LogP contribution in [0.3, 0.4) is 0 Å². The van der Waals surface area contributed by atoms with E-state index in [1.807, 2.05) is 4.90 Å². The van der Waals surface area contributed by atoms with Crippen LogP contribution in [0.15, 0.2) is 18.2 Å². The molecule has 1 aliphatic carbocycles. The number of nitrogens with zero attached hydrogens (tertiary/aromatic N) is 1. The zero-order valence-corrected chi connectivity index (χ0v) is 12.7. The highest BCUT2D eigenvalue weighted by atomic mass is 16.5. The Balaban J connectivity index is 1.73. The second-order valence-corrected chi connectivity index (χ2v) is 6.46. The number of methoxy groups -OCH3 is 1. The summed E-state index contributed by atoms with van der Waals surface area (Å²) in [5.41, 5.74) is 7.53. The first-order valence-corrected chi connectivity index (χ1v) is 7.86. The monoisotopic (exact) mass is 288 g/mol. The molecule has 4 nitrogen and oxygen atoms in total. The Kier molecular flexibility index (Phi) is 3.79. The third kappa shape index (κ3) is 2.71. The lowest BCUT2D eigenvalue weighted by atomic mass is 9.77. The van der Waals surface area contributed by atoms with Crippen LogP contribution in [0.5, 0.6) is 5.75 Å². The van der Waals surface area contributed by atoms with E-state index in [4.69, 9.17) is 10.5 Å². The topological polar surface area (TPSA) is 55.6 Å². The highest BCUT2D eigenvalue weighted by Gasteiger charge is 2.38. The molecule has 1 amide bonds. The number of hydrogen-bond acceptors (Lipinski definition) is 3. The van der Waals surface area contributed by atoms with Gasteiger partial charge in [0.05, 0.1) is 12.7 Å². The van der Waals surface area contributed by atoms with Gasteiger partial charge in [-0.2, -0.15) is 0 Å². The van der Waals surface area contributed by atoms with Gasteiger partial charge >= 0.3 is 0 Å². The molecule has 1 saturated carbocycles. The number of likely N-dealkylation sites (tertiary alicyclic amines) is 1. The summed E-state index contributed by atoms with van der Waals surface area (Å²) in [5, 5.41) is 0. The maximum absolute atomic E-state index is 12.7. The molecule has 0 radical (unpaired) electrons. The molecule has 0 unspecified atom stereocenters. The Hall–Kier alpha value is -1.71. The highest BCUT2D eigenvalue weighted by molar-refractivity contribution is 5.97. The van der Waals surface area contributed by atoms with E-state index in [2.05, 4.69) is 0 Å². The molecule has 1 aliphatic heterocycles. The SMILES string of the molecule is COc1ccc(N)cc1C(=O)N1CCC2(CCCC2)CC1. The predicted molar refractivity (Wildman–Crippen MR) is 83.4 cm³/mol. The van der Waals surface area contributed by atoms with Crippen LogP contribution in [0.2, 0.25) is 0 Å². The Bertz CT molecular complexity index is 526. The predicted octanol–water partition coefficient (Wildman–Crippen LogP) is 3.07. The van der Waals surface area contributed by atoms with Crippen LogP contribution in [0.1, 0.15) is 48.9 Å². The van der Waals surface area contributed by atoms with Gasteiger partial charge in [0.15, 0.2) is 0 Å². The minimum absolute atomic E-state index is 0.0481. The Labute approximate surface area is 126 Å². The first-order chi connectivity index (χ1) is 10.1. The second kappa shape index (κ2) is 5.58. The van der Waals surface area contributed by atoms with E-state index in [-0.39, 0.29) is 5.91 Å². The molecule has 1 spiro atoms. The van der Waals surface area contributed by atoms with Crippen LogP contribution in [-0.2, 0) is 0 Å². The van der Waals surface area contributed by atoms with Crippen molar-refractivity contribution in [2.45, 2.75) is 38.5 Å². The van der Waals surface area contributed by atoms with E-state index in [0.29, 0.717) is 22.4 Å². The molecule has 21 heavy (non-hydrogen) atoms. The van der Waals surface area contributed by atoms with Crippen molar-refractivity contribution in [1.29, 1.82) is 0 Å². The number of nitrogens with two attached hydrogens (primary N) is 1. The van der Waals surface area contributed by atoms with E-state index in [1.54, 1.807) is 25.3 Å². The van der Waals surface area contributed by atoms with E-state index in [0.717, 1.165) is 25.9 Å². The second-order valence-electron chi connectivity index (χ2n) is 6.46. The average molecular weight is 288 g/mol. The van der Waals surface area contributed by atoms with E-state index < -0.39 is 0 Å². The quantitative estimate of drug-likeness (QED) is 0.851. The molecule has 3 rings (SSSR count). The smallest absolute Gasteiger partial charge is 0.257 e. The molecular formula is C17H24N2O2. The van der Waals surface area contributed by atoms with Crippen molar-refractivity contribution >= 4 is 11.6 Å². The summed E-state index contributed by atoms with van der Waals surface area (Å²) in [6.45, 7) is 1.72. The zero-order chi connectivity index (χ0) is 14.9. The van der Waals surface area contributed by atoms with Crippen LogP contribution in [0, 0.1) is 5.41 Å². The molecular weight excluding hydrogens is 264 g/mol. The third-order valence-electron chi connectivity index (χ3n) is 5.23. The van der Waals surface area contributed by atoms with Crippen LogP contribution >= 0.6 is 0 Å². The fourth-order valence-corrected chi connectivity index (χ4v) is 3.87. The Morgan fingerprint density at radius 3 is 2.48 bits per heavy atom. The summed E-state index contributed by atoms with van der Waals surface area (Å²) in [6, 6.07) is 5.26. The molecule has 1 saturated heterocycles. The van der Waals surface area contributed by atoms with Crippen molar-refractivity contribution in [1.82, 2.24) is 4.90 Å². The lowest BCUT2D eigenvalue weighted by molar-refractivity contribution is 0.0584. The Morgan fingerprint density at radius 1 is 1.19 bits per heavy atom. The first-order valence-electron chi connectivity index (χ1n) is 7.86. The number of amides is 1. The number of rotatable bonds is 2. The molecule has 0 bridgehead atoms. The van der Waals surface area contributed by atoms with Gasteiger partial charge in [0.2, 0.25) is 0 Å². The number of hydrogen-bond donors (Lipinski definition) is 1. The molecule has 0 atom stereocenters. The lowest BCUT2D eigenvalue weighted by Gasteiger charge is -2.39. The van der Waals surface area contributed by atoms with Gasteiger partial charge in [-0.05, 0) is 49.3 Å². The number of anilines is 1. The van der Waals surface area contributed by atoms with Crippen LogP contribution in [0.25, 0.3) is 0 Å². The third-order valence-corrected chi connectivity index (χ3v) is 5.23. The molecule has 2 fully saturated rings. The minimum Gasteiger partial charge on any atom is -0.496 e. The van der Waals surface area contributed by atoms with E-state index in [9.17, 15) is 4.79 Å². The lowest BCUT2D eigenvalue weighted by Crippen LogP contribution is -2.42. The van der Waals surface area contributed by atoms with Crippen molar-refractivity contribution in [2.24, 2.45) is 5.41 Å². The fourth-order valence-electron chi connectivity index (χ4n) is 3.87. The van der Waals surface area contributed by atoms with Crippen molar-refractivity contribution in [3.05, 3.63) is 23.8 Å². The fraction of sp³-hybridized carbons (Fsp3) is 0.588. The summed E-state index contributed by atoms with van der Waals surface area (Å²) in [7, 11) is 1.59. The first kappa shape index (κ1) is 14.2. The molecule has 1 aromatic carbocycles. The maximum Gasteiger partial charge on any atom is 0.257 e. The summed E-state index contributed by atoms with van der Waals surface area (Å²) in [6.07, 6.45) is 7.69. The van der Waals surface area contributed by atoms with Gasteiger partial charge in [0.1, 0.15) is 5.75 Å². The molecule has 2 N–H and O–H groups in total. The number of carbonyl (C=O) groups is 1. The molecule has 2 aliphatic rings. The summed E-state index contributed by atoms with van der Waals surface area (Å²) in [5.74, 6) is 0.655.